The molecule has 1 aliphatic heterocycles. The number of hydrogen-bond acceptors (Lipinski definition) is 3. The molecule has 0 saturated heterocycles. The lowest BCUT2D eigenvalue weighted by molar-refractivity contribution is -0.115. The Labute approximate surface area is 133 Å². The molecule has 3 atom stereocenters. The molecule has 4 heteroatoms. The summed E-state index contributed by atoms with van der Waals surface area (Å²) in [5.74, 6) is 0.768. The molecule has 0 spiro atoms. The third-order valence-electron chi connectivity index (χ3n) is 4.12. The van der Waals surface area contributed by atoms with Crippen molar-refractivity contribution in [3.63, 3.8) is 0 Å². The van der Waals surface area contributed by atoms with Gasteiger partial charge in [0.1, 0.15) is 0 Å². The molecular formula is C17H26N2OS. The van der Waals surface area contributed by atoms with Crippen molar-refractivity contribution in [1.29, 1.82) is 0 Å². The van der Waals surface area contributed by atoms with Gasteiger partial charge in [0.15, 0.2) is 5.78 Å². The number of rotatable bonds is 8. The molecule has 3 nitrogen and oxygen atoms in total. The predicted octanol–water partition coefficient (Wildman–Crippen LogP) is 3.09. The average Bonchev–Trinajstić information content (AvgIpc) is 2.75. The van der Waals surface area contributed by atoms with Crippen LogP contribution < -0.4 is 5.32 Å². The smallest absolute Gasteiger partial charge is 0.176 e. The van der Waals surface area contributed by atoms with Crippen LogP contribution in [0, 0.1) is 11.8 Å². The molecule has 0 aromatic heterocycles. The Bertz CT molecular complexity index is 467. The Morgan fingerprint density at radius 2 is 2.24 bits per heavy atom. The fourth-order valence-corrected chi connectivity index (χ4v) is 3.27. The van der Waals surface area contributed by atoms with Gasteiger partial charge in [-0.15, -0.1) is 6.58 Å². The number of likely N-dealkylation sites (N-methyl/N-ethyl adjacent to an activating group) is 1. The standard InChI is InChI=1S/C17H26N2OS/c1-6-12(3)16-13(4)15(9-8-10-18-11-21)17(14(5)20)19(16)7-2/h6,8-9,11-13,16H,1,7,10H2,2-5H3,(H,18,21)/b9-8+. The van der Waals surface area contributed by atoms with Crippen LogP contribution in [0.3, 0.4) is 0 Å². The summed E-state index contributed by atoms with van der Waals surface area (Å²) in [4.78, 5) is 14.3. The van der Waals surface area contributed by atoms with Crippen molar-refractivity contribution >= 4 is 23.5 Å². The molecule has 1 aliphatic rings. The maximum atomic E-state index is 12.1. The minimum Gasteiger partial charge on any atom is -0.379 e. The molecule has 0 aliphatic carbocycles. The minimum atomic E-state index is 0.130. The van der Waals surface area contributed by atoms with Crippen molar-refractivity contribution in [2.24, 2.45) is 11.8 Å². The molecule has 1 heterocycles. The minimum absolute atomic E-state index is 0.130. The van der Waals surface area contributed by atoms with E-state index in [-0.39, 0.29) is 5.78 Å². The molecule has 0 aromatic rings. The van der Waals surface area contributed by atoms with Crippen LogP contribution in [0.4, 0.5) is 0 Å². The number of carbonyl (C=O) groups is 1. The third-order valence-corrected chi connectivity index (χ3v) is 4.29. The lowest BCUT2D eigenvalue weighted by atomic mass is 9.87. The van der Waals surface area contributed by atoms with Crippen LogP contribution in [0.5, 0.6) is 0 Å². The van der Waals surface area contributed by atoms with Crippen LogP contribution in [-0.4, -0.2) is 35.3 Å². The van der Waals surface area contributed by atoms with Gasteiger partial charge in [0.2, 0.25) is 0 Å². The maximum absolute atomic E-state index is 12.1. The van der Waals surface area contributed by atoms with Crippen molar-refractivity contribution in [2.75, 3.05) is 13.1 Å². The first-order valence-corrected chi connectivity index (χ1v) is 7.94. The Morgan fingerprint density at radius 3 is 2.71 bits per heavy atom. The van der Waals surface area contributed by atoms with Gasteiger partial charge in [-0.2, -0.15) is 0 Å². The number of ketones is 1. The van der Waals surface area contributed by atoms with Crippen LogP contribution in [0.1, 0.15) is 27.7 Å². The number of nitrogens with one attached hydrogen (secondary N) is 1. The van der Waals surface area contributed by atoms with Gasteiger partial charge in [0.05, 0.1) is 11.2 Å². The number of nitrogens with zero attached hydrogens (tertiary/aromatic N) is 1. The fraction of sp³-hybridized carbons (Fsp3) is 0.529. The van der Waals surface area contributed by atoms with Crippen molar-refractivity contribution in [3.05, 3.63) is 36.1 Å². The molecule has 1 rings (SSSR count). The highest BCUT2D eigenvalue weighted by molar-refractivity contribution is 7.78. The van der Waals surface area contributed by atoms with Crippen LogP contribution in [0.25, 0.3) is 0 Å². The highest BCUT2D eigenvalue weighted by Gasteiger charge is 2.39. The second kappa shape index (κ2) is 8.13. The van der Waals surface area contributed by atoms with E-state index in [1.807, 2.05) is 12.2 Å². The second-order valence-electron chi connectivity index (χ2n) is 5.45. The van der Waals surface area contributed by atoms with Crippen LogP contribution in [0.15, 0.2) is 36.1 Å². The first-order chi connectivity index (χ1) is 9.99. The van der Waals surface area contributed by atoms with Gasteiger partial charge in [-0.05, 0) is 18.4 Å². The van der Waals surface area contributed by atoms with E-state index >= 15 is 0 Å². The average molecular weight is 306 g/mol. The molecule has 0 aromatic carbocycles. The Balaban J connectivity index is 3.15. The molecule has 0 radical (unpaired) electrons. The Kier molecular flexibility index (Phi) is 6.82. The fourth-order valence-electron chi connectivity index (χ4n) is 3.17. The van der Waals surface area contributed by atoms with Crippen molar-refractivity contribution in [3.8, 4) is 0 Å². The summed E-state index contributed by atoms with van der Waals surface area (Å²) in [5, 5.41) is 2.97. The van der Waals surface area contributed by atoms with Crippen molar-refractivity contribution in [2.45, 2.75) is 33.7 Å². The van der Waals surface area contributed by atoms with E-state index in [0.717, 1.165) is 17.8 Å². The van der Waals surface area contributed by atoms with E-state index in [0.29, 0.717) is 24.4 Å². The molecule has 21 heavy (non-hydrogen) atoms. The van der Waals surface area contributed by atoms with Gasteiger partial charge in [0, 0.05) is 32.0 Å². The normalized spacial score (nSPS) is 23.5. The summed E-state index contributed by atoms with van der Waals surface area (Å²) in [7, 11) is 0. The van der Waals surface area contributed by atoms with Gasteiger partial charge < -0.3 is 10.2 Å². The largest absolute Gasteiger partial charge is 0.379 e. The van der Waals surface area contributed by atoms with E-state index in [1.165, 1.54) is 5.49 Å². The van der Waals surface area contributed by atoms with Crippen LogP contribution in [-0.2, 0) is 4.79 Å². The highest BCUT2D eigenvalue weighted by Crippen LogP contribution is 2.38. The number of carbonyl (C=O) groups excluding carboxylic acids is 1. The van der Waals surface area contributed by atoms with Gasteiger partial charge in [-0.25, -0.2) is 0 Å². The summed E-state index contributed by atoms with van der Waals surface area (Å²) in [6, 6.07) is 0.296. The van der Waals surface area contributed by atoms with Gasteiger partial charge >= 0.3 is 0 Å². The van der Waals surface area contributed by atoms with Crippen molar-refractivity contribution in [1.82, 2.24) is 10.2 Å². The van der Waals surface area contributed by atoms with E-state index < -0.39 is 0 Å². The highest BCUT2D eigenvalue weighted by atomic mass is 32.1. The SMILES string of the molecule is C=CC(C)C1C(C)C(/C=C/CNC=S)=C(C(C)=O)N1CC. The molecule has 0 bridgehead atoms. The summed E-state index contributed by atoms with van der Waals surface area (Å²) >= 11 is 4.74. The van der Waals surface area contributed by atoms with Crippen molar-refractivity contribution < 1.29 is 4.79 Å². The quantitative estimate of drug-likeness (QED) is 0.424. The predicted molar refractivity (Wildman–Crippen MR) is 93.2 cm³/mol. The van der Waals surface area contributed by atoms with Crippen LogP contribution >= 0.6 is 12.2 Å². The molecule has 3 unspecified atom stereocenters. The second-order valence-corrected chi connectivity index (χ2v) is 5.68. The zero-order valence-corrected chi connectivity index (χ0v) is 14.2. The lowest BCUT2D eigenvalue weighted by Gasteiger charge is -2.33. The van der Waals surface area contributed by atoms with Gasteiger partial charge in [0.25, 0.3) is 0 Å². The van der Waals surface area contributed by atoms with E-state index in [9.17, 15) is 4.79 Å². The molecule has 116 valence electrons. The third kappa shape index (κ3) is 3.82. The number of allylic oxidation sites excluding steroid dienone is 2. The van der Waals surface area contributed by atoms with E-state index in [4.69, 9.17) is 12.2 Å². The Hall–Kier alpha value is -1.42. The maximum Gasteiger partial charge on any atom is 0.176 e. The first kappa shape index (κ1) is 17.6. The van der Waals surface area contributed by atoms with E-state index in [1.54, 1.807) is 6.92 Å². The van der Waals surface area contributed by atoms with E-state index in [2.05, 4.69) is 43.6 Å². The van der Waals surface area contributed by atoms with Gasteiger partial charge in [-0.3, -0.25) is 4.79 Å². The molecule has 0 fully saturated rings. The van der Waals surface area contributed by atoms with Crippen LogP contribution in [0.2, 0.25) is 0 Å². The number of thiocarbonyl (C=S) groups is 1. The zero-order chi connectivity index (χ0) is 16.0. The molecule has 0 saturated carbocycles. The molecular weight excluding hydrogens is 280 g/mol. The molecule has 1 N–H and O–H groups in total. The summed E-state index contributed by atoms with van der Waals surface area (Å²) < 4.78 is 0. The monoisotopic (exact) mass is 306 g/mol. The summed E-state index contributed by atoms with van der Waals surface area (Å²) in [6.45, 7) is 13.5. The molecule has 0 amide bonds. The number of Topliss-reactive ketones (excluding diaryl/α,β-unsaturated/α-hetero) is 1. The van der Waals surface area contributed by atoms with Gasteiger partial charge in [-0.1, -0.05) is 44.3 Å². The number of hydrogen-bond donors (Lipinski definition) is 1. The topological polar surface area (TPSA) is 32.3 Å². The Morgan fingerprint density at radius 1 is 1.57 bits per heavy atom. The summed E-state index contributed by atoms with van der Waals surface area (Å²) in [5.41, 5.74) is 3.47. The summed E-state index contributed by atoms with van der Waals surface area (Å²) in [6.07, 6.45) is 6.06. The zero-order valence-electron chi connectivity index (χ0n) is 13.4. The lowest BCUT2D eigenvalue weighted by Crippen LogP contribution is -2.38. The first-order valence-electron chi connectivity index (χ1n) is 7.47.